The highest BCUT2D eigenvalue weighted by Gasteiger charge is 2.61. The van der Waals surface area contributed by atoms with E-state index in [0.29, 0.717) is 25.7 Å². The summed E-state index contributed by atoms with van der Waals surface area (Å²) < 4.78 is 23.4. The molecule has 2 aliphatic rings. The molecule has 2 rings (SSSR count). The Hall–Kier alpha value is -1.22. The summed E-state index contributed by atoms with van der Waals surface area (Å²) in [5, 5.41) is 21.8. The van der Waals surface area contributed by atoms with E-state index in [2.05, 4.69) is 0 Å². The van der Waals surface area contributed by atoms with E-state index in [-0.39, 0.29) is 11.8 Å². The molecule has 1 saturated carbocycles. The first-order chi connectivity index (χ1) is 15.6. The molecule has 1 aliphatic carbocycles. The molecule has 2 N–H and O–H groups in total. The van der Waals surface area contributed by atoms with Crippen molar-refractivity contribution < 1.29 is 38.7 Å². The maximum Gasteiger partial charge on any atom is 0.309 e. The van der Waals surface area contributed by atoms with Gasteiger partial charge in [-0.15, -0.1) is 0 Å². The number of carbonyl (C=O) groups excluding carboxylic acids is 2. The molecule has 1 saturated heterocycles. The molecule has 8 nitrogen and oxygen atoms in total. The van der Waals surface area contributed by atoms with Crippen LogP contribution in [0.5, 0.6) is 0 Å². The van der Waals surface area contributed by atoms with E-state index in [0.717, 1.165) is 25.7 Å². The van der Waals surface area contributed by atoms with Crippen molar-refractivity contribution in [3.8, 4) is 0 Å². The third-order valence-corrected chi connectivity index (χ3v) is 6.55. The second-order valence-corrected chi connectivity index (χ2v) is 9.90. The molecule has 8 heteroatoms. The van der Waals surface area contributed by atoms with E-state index < -0.39 is 54.3 Å². The van der Waals surface area contributed by atoms with Crippen molar-refractivity contribution >= 4 is 11.9 Å². The highest BCUT2D eigenvalue weighted by molar-refractivity contribution is 5.73. The normalized spacial score (nSPS) is 31.0. The predicted molar refractivity (Wildman–Crippen MR) is 122 cm³/mol. The lowest BCUT2D eigenvalue weighted by molar-refractivity contribution is -0.223. The number of aliphatic hydroxyl groups excluding tert-OH is 2. The lowest BCUT2D eigenvalue weighted by atomic mass is 9.84. The zero-order valence-corrected chi connectivity index (χ0v) is 21.1. The van der Waals surface area contributed by atoms with Crippen LogP contribution < -0.4 is 0 Å². The number of carbonyl (C=O) groups is 2. The number of rotatable bonds is 12. The Morgan fingerprint density at radius 1 is 0.727 bits per heavy atom. The molecule has 0 aromatic carbocycles. The summed E-state index contributed by atoms with van der Waals surface area (Å²) in [7, 11) is 0. The van der Waals surface area contributed by atoms with E-state index in [1.807, 2.05) is 27.7 Å². The van der Waals surface area contributed by atoms with Gasteiger partial charge in [0.05, 0.1) is 11.8 Å². The summed E-state index contributed by atoms with van der Waals surface area (Å²) in [6.07, 6.45) is -0.804. The highest BCUT2D eigenvalue weighted by atomic mass is 16.8. The molecule has 1 heterocycles. The topological polar surface area (TPSA) is 112 Å². The van der Waals surface area contributed by atoms with Gasteiger partial charge in [0.1, 0.15) is 24.4 Å². The van der Waals surface area contributed by atoms with Crippen LogP contribution in [0.15, 0.2) is 0 Å². The molecule has 192 valence electrons. The molecule has 0 radical (unpaired) electrons. The smallest absolute Gasteiger partial charge is 0.309 e. The van der Waals surface area contributed by atoms with Crippen molar-refractivity contribution in [2.45, 2.75) is 135 Å². The minimum Gasteiger partial charge on any atom is -0.456 e. The fourth-order valence-electron chi connectivity index (χ4n) is 4.99. The average Bonchev–Trinajstić information content (AvgIpc) is 3.08. The third-order valence-electron chi connectivity index (χ3n) is 6.55. The number of hydrogen-bond acceptors (Lipinski definition) is 8. The first-order valence-corrected chi connectivity index (χ1v) is 12.7. The second-order valence-electron chi connectivity index (χ2n) is 9.90. The first kappa shape index (κ1) is 28.0. The Kier molecular flexibility index (Phi) is 10.6. The number of hydrogen-bond donors (Lipinski definition) is 2. The van der Waals surface area contributed by atoms with Crippen molar-refractivity contribution in [3.05, 3.63) is 0 Å². The molecule has 0 bridgehead atoms. The lowest BCUT2D eigenvalue weighted by Gasteiger charge is -2.42. The molecular weight excluding hydrogens is 428 g/mol. The first-order valence-electron chi connectivity index (χ1n) is 12.7. The van der Waals surface area contributed by atoms with Crippen molar-refractivity contribution in [2.24, 2.45) is 11.8 Å². The molecule has 0 aromatic heterocycles. The monoisotopic (exact) mass is 472 g/mol. The van der Waals surface area contributed by atoms with Gasteiger partial charge in [-0.25, -0.2) is 0 Å². The van der Waals surface area contributed by atoms with Crippen LogP contribution in [0.1, 0.15) is 92.9 Å². The van der Waals surface area contributed by atoms with Gasteiger partial charge >= 0.3 is 11.9 Å². The SMILES string of the molecule is CCCC(CCC)C(=O)O[C@H]1[C@H](O)[C@H](O)[C@H](OC(=O)C(CCC)CCC)[C@H]2OC(C)(C)O[C@@H]21. The van der Waals surface area contributed by atoms with Gasteiger partial charge in [0.15, 0.2) is 18.0 Å². The van der Waals surface area contributed by atoms with Gasteiger partial charge in [-0.2, -0.15) is 0 Å². The zero-order valence-electron chi connectivity index (χ0n) is 21.1. The Morgan fingerprint density at radius 2 is 1.03 bits per heavy atom. The van der Waals surface area contributed by atoms with Gasteiger partial charge in [-0.3, -0.25) is 9.59 Å². The Morgan fingerprint density at radius 3 is 1.30 bits per heavy atom. The molecule has 2 fully saturated rings. The lowest BCUT2D eigenvalue weighted by Crippen LogP contribution is -2.65. The third kappa shape index (κ3) is 6.90. The summed E-state index contributed by atoms with van der Waals surface area (Å²) in [5.41, 5.74) is 0. The average molecular weight is 473 g/mol. The number of fused-ring (bicyclic) bond motifs is 1. The van der Waals surface area contributed by atoms with Gasteiger partial charge in [-0.05, 0) is 39.5 Å². The van der Waals surface area contributed by atoms with E-state index in [1.165, 1.54) is 0 Å². The summed E-state index contributed by atoms with van der Waals surface area (Å²) in [6, 6.07) is 0. The van der Waals surface area contributed by atoms with Crippen LogP contribution in [0.3, 0.4) is 0 Å². The second kappa shape index (κ2) is 12.5. The molecule has 1 aliphatic heterocycles. The molecule has 6 atom stereocenters. The van der Waals surface area contributed by atoms with Gasteiger partial charge in [0.25, 0.3) is 0 Å². The molecule has 0 unspecified atom stereocenters. The van der Waals surface area contributed by atoms with Crippen LogP contribution in [0, 0.1) is 11.8 Å². The number of aliphatic hydroxyl groups is 2. The zero-order chi connectivity index (χ0) is 24.8. The Labute approximate surface area is 198 Å². The summed E-state index contributed by atoms with van der Waals surface area (Å²) in [5.74, 6) is -2.44. The van der Waals surface area contributed by atoms with E-state index in [9.17, 15) is 19.8 Å². The summed E-state index contributed by atoms with van der Waals surface area (Å²) >= 11 is 0. The summed E-state index contributed by atoms with van der Waals surface area (Å²) in [6.45, 7) is 11.4. The highest BCUT2D eigenvalue weighted by Crippen LogP contribution is 2.40. The quantitative estimate of drug-likeness (QED) is 0.415. The van der Waals surface area contributed by atoms with Crippen LogP contribution in [-0.2, 0) is 28.5 Å². The van der Waals surface area contributed by atoms with E-state index in [4.69, 9.17) is 18.9 Å². The summed E-state index contributed by atoms with van der Waals surface area (Å²) in [4.78, 5) is 25.8. The molecular formula is C25H44O8. The number of esters is 2. The standard InChI is InChI=1S/C25H44O8/c1-7-11-15(12-8-2)23(28)30-19-17(26)18(27)20(22-21(19)32-25(5,6)33-22)31-24(29)16(13-9-3)14-10-4/h15-22,26-27H,7-14H2,1-6H3/t17-,18+,19-,20-,21+,22+/m0/s1. The molecule has 33 heavy (non-hydrogen) atoms. The van der Waals surface area contributed by atoms with Crippen LogP contribution in [0.4, 0.5) is 0 Å². The molecule has 0 amide bonds. The minimum atomic E-state index is -1.47. The minimum absolute atomic E-state index is 0.280. The predicted octanol–water partition coefficient (Wildman–Crippen LogP) is 3.50. The van der Waals surface area contributed by atoms with Crippen LogP contribution in [-0.4, -0.2) is 64.6 Å². The number of ether oxygens (including phenoxy) is 4. The molecule has 0 spiro atoms. The largest absolute Gasteiger partial charge is 0.456 e. The van der Waals surface area contributed by atoms with Crippen molar-refractivity contribution in [3.63, 3.8) is 0 Å². The van der Waals surface area contributed by atoms with Crippen LogP contribution in [0.2, 0.25) is 0 Å². The van der Waals surface area contributed by atoms with Crippen molar-refractivity contribution in [2.75, 3.05) is 0 Å². The maximum absolute atomic E-state index is 12.9. The van der Waals surface area contributed by atoms with Crippen LogP contribution in [0.25, 0.3) is 0 Å². The maximum atomic E-state index is 12.9. The fraction of sp³-hybridized carbons (Fsp3) is 0.920. The van der Waals surface area contributed by atoms with E-state index >= 15 is 0 Å². The van der Waals surface area contributed by atoms with Crippen molar-refractivity contribution in [1.82, 2.24) is 0 Å². The van der Waals surface area contributed by atoms with Crippen LogP contribution >= 0.6 is 0 Å². The van der Waals surface area contributed by atoms with E-state index in [1.54, 1.807) is 13.8 Å². The van der Waals surface area contributed by atoms with Gasteiger partial charge in [0.2, 0.25) is 0 Å². The van der Waals surface area contributed by atoms with Gasteiger partial charge in [-0.1, -0.05) is 53.4 Å². The molecule has 0 aromatic rings. The Bertz CT molecular complexity index is 572. The van der Waals surface area contributed by atoms with Gasteiger partial charge in [0, 0.05) is 0 Å². The Balaban J connectivity index is 2.23. The fourth-order valence-corrected chi connectivity index (χ4v) is 4.99. The van der Waals surface area contributed by atoms with Crippen molar-refractivity contribution in [1.29, 1.82) is 0 Å². The van der Waals surface area contributed by atoms with Gasteiger partial charge < -0.3 is 29.2 Å².